The lowest BCUT2D eigenvalue weighted by Gasteiger charge is -2.37. The highest BCUT2D eigenvalue weighted by molar-refractivity contribution is 7.92. The van der Waals surface area contributed by atoms with Gasteiger partial charge in [0.1, 0.15) is 18.1 Å². The standard InChI is InChI=1S/C26H37NO6SSi/c1-26(2,3)35(4,5)33-19-22(27-25(29)32-18-21-12-8-6-9-13-21)16-17-23(28)20-34(30,31)24-14-10-7-11-15-24/h6-15,22H,16-20H2,1-5H3,(H,27,29). The Labute approximate surface area is 210 Å². The summed E-state index contributed by atoms with van der Waals surface area (Å²) in [7, 11) is -5.81. The summed E-state index contributed by atoms with van der Waals surface area (Å²) < 4.78 is 36.6. The molecule has 0 spiro atoms. The fourth-order valence-corrected chi connectivity index (χ4v) is 5.34. The summed E-state index contributed by atoms with van der Waals surface area (Å²) in [6.45, 7) is 10.9. The van der Waals surface area contributed by atoms with Gasteiger partial charge in [-0.05, 0) is 42.2 Å². The van der Waals surface area contributed by atoms with Crippen molar-refractivity contribution < 1.29 is 27.2 Å². The van der Waals surface area contributed by atoms with Crippen LogP contribution in [0.25, 0.3) is 0 Å². The first-order valence-corrected chi connectivity index (χ1v) is 16.3. The molecule has 0 saturated carbocycles. The number of ether oxygens (including phenoxy) is 1. The monoisotopic (exact) mass is 519 g/mol. The van der Waals surface area contributed by atoms with Crippen LogP contribution in [-0.4, -0.2) is 47.0 Å². The fraction of sp³-hybridized carbons (Fsp3) is 0.462. The van der Waals surface area contributed by atoms with Crippen LogP contribution in [0.5, 0.6) is 0 Å². The third-order valence-corrected chi connectivity index (χ3v) is 12.4. The van der Waals surface area contributed by atoms with E-state index in [2.05, 4.69) is 39.2 Å². The number of sulfone groups is 1. The summed E-state index contributed by atoms with van der Waals surface area (Å²) in [6, 6.07) is 16.7. The lowest BCUT2D eigenvalue weighted by Crippen LogP contribution is -2.46. The second-order valence-electron chi connectivity index (χ2n) is 10.1. The van der Waals surface area contributed by atoms with Crippen molar-refractivity contribution in [3.8, 4) is 0 Å². The normalized spacial score (nSPS) is 13.2. The predicted octanol–water partition coefficient (Wildman–Crippen LogP) is 5.13. The minimum absolute atomic E-state index is 0.00342. The van der Waals surface area contributed by atoms with Crippen LogP contribution in [0.2, 0.25) is 18.1 Å². The lowest BCUT2D eigenvalue weighted by atomic mass is 10.1. The molecule has 0 fully saturated rings. The smallest absolute Gasteiger partial charge is 0.407 e. The van der Waals surface area contributed by atoms with Gasteiger partial charge in [-0.25, -0.2) is 13.2 Å². The van der Waals surface area contributed by atoms with Gasteiger partial charge in [0.2, 0.25) is 0 Å². The van der Waals surface area contributed by atoms with E-state index in [0.717, 1.165) is 5.56 Å². The van der Waals surface area contributed by atoms with E-state index in [-0.39, 0.29) is 36.0 Å². The van der Waals surface area contributed by atoms with Crippen molar-refractivity contribution in [3.05, 3.63) is 66.2 Å². The van der Waals surface area contributed by atoms with E-state index < -0.39 is 41.8 Å². The Morgan fingerprint density at radius 3 is 2.11 bits per heavy atom. The van der Waals surface area contributed by atoms with Crippen molar-refractivity contribution in [1.82, 2.24) is 5.32 Å². The topological polar surface area (TPSA) is 98.8 Å². The molecule has 192 valence electrons. The third kappa shape index (κ3) is 9.58. The van der Waals surface area contributed by atoms with Gasteiger partial charge in [-0.1, -0.05) is 69.3 Å². The number of ketones is 1. The molecule has 0 aliphatic rings. The van der Waals surface area contributed by atoms with Crippen LogP contribution in [0.1, 0.15) is 39.2 Å². The Balaban J connectivity index is 1.99. The van der Waals surface area contributed by atoms with E-state index >= 15 is 0 Å². The molecule has 0 heterocycles. The van der Waals surface area contributed by atoms with Crippen LogP contribution in [0.3, 0.4) is 0 Å². The molecule has 1 N–H and O–H groups in total. The van der Waals surface area contributed by atoms with Gasteiger partial charge in [-0.2, -0.15) is 0 Å². The van der Waals surface area contributed by atoms with E-state index in [9.17, 15) is 18.0 Å². The molecule has 0 aromatic heterocycles. The maximum Gasteiger partial charge on any atom is 0.407 e. The Morgan fingerprint density at radius 1 is 0.971 bits per heavy atom. The van der Waals surface area contributed by atoms with E-state index in [4.69, 9.17) is 9.16 Å². The Hall–Kier alpha value is -2.49. The largest absolute Gasteiger partial charge is 0.445 e. The van der Waals surface area contributed by atoms with Crippen LogP contribution in [-0.2, 0) is 30.4 Å². The number of carbonyl (C=O) groups is 2. The molecular weight excluding hydrogens is 482 g/mol. The molecule has 1 amide bonds. The molecule has 9 heteroatoms. The van der Waals surface area contributed by atoms with Gasteiger partial charge in [0.05, 0.1) is 17.5 Å². The van der Waals surface area contributed by atoms with Crippen LogP contribution in [0, 0.1) is 0 Å². The summed E-state index contributed by atoms with van der Waals surface area (Å²) in [4.78, 5) is 25.1. The van der Waals surface area contributed by atoms with Crippen molar-refractivity contribution in [2.45, 2.75) is 69.3 Å². The number of nitrogens with one attached hydrogen (secondary N) is 1. The fourth-order valence-electron chi connectivity index (χ4n) is 2.98. The molecule has 7 nitrogen and oxygen atoms in total. The van der Waals surface area contributed by atoms with Crippen molar-refractivity contribution in [1.29, 1.82) is 0 Å². The van der Waals surface area contributed by atoms with E-state index in [0.29, 0.717) is 0 Å². The van der Waals surface area contributed by atoms with Crippen molar-refractivity contribution in [3.63, 3.8) is 0 Å². The molecular formula is C26H37NO6SSi. The van der Waals surface area contributed by atoms with Crippen LogP contribution in [0.4, 0.5) is 4.79 Å². The first-order chi connectivity index (χ1) is 16.3. The first-order valence-electron chi connectivity index (χ1n) is 11.7. The molecule has 0 saturated heterocycles. The van der Waals surface area contributed by atoms with E-state index in [1.165, 1.54) is 12.1 Å². The zero-order valence-corrected chi connectivity index (χ0v) is 23.1. The number of hydrogen-bond donors (Lipinski definition) is 1. The summed E-state index contributed by atoms with van der Waals surface area (Å²) in [6.07, 6.45) is -0.364. The highest BCUT2D eigenvalue weighted by atomic mass is 32.2. The van der Waals surface area contributed by atoms with Gasteiger partial charge in [0, 0.05) is 6.42 Å². The maximum absolute atomic E-state index is 12.5. The van der Waals surface area contributed by atoms with Crippen molar-refractivity contribution in [2.24, 2.45) is 0 Å². The van der Waals surface area contributed by atoms with Gasteiger partial charge < -0.3 is 14.5 Å². The maximum atomic E-state index is 12.5. The minimum atomic E-state index is -3.71. The van der Waals surface area contributed by atoms with Gasteiger partial charge in [-0.15, -0.1) is 0 Å². The summed E-state index contributed by atoms with van der Waals surface area (Å²) in [5.74, 6) is -0.990. The molecule has 0 radical (unpaired) electrons. The number of carbonyl (C=O) groups excluding carboxylic acids is 2. The summed E-state index contributed by atoms with van der Waals surface area (Å²) in [5, 5.41) is 2.77. The van der Waals surface area contributed by atoms with Crippen LogP contribution in [0.15, 0.2) is 65.6 Å². The number of benzene rings is 2. The number of hydrogen-bond acceptors (Lipinski definition) is 6. The lowest BCUT2D eigenvalue weighted by molar-refractivity contribution is -0.116. The second-order valence-corrected chi connectivity index (χ2v) is 16.9. The molecule has 1 unspecified atom stereocenters. The summed E-state index contributed by atoms with van der Waals surface area (Å²) in [5.41, 5.74) is 0.859. The van der Waals surface area contributed by atoms with Gasteiger partial charge in [-0.3, -0.25) is 4.79 Å². The van der Waals surface area contributed by atoms with Gasteiger partial charge in [0.15, 0.2) is 18.2 Å². The Morgan fingerprint density at radius 2 is 1.54 bits per heavy atom. The molecule has 0 bridgehead atoms. The zero-order chi connectivity index (χ0) is 26.1. The van der Waals surface area contributed by atoms with Gasteiger partial charge >= 0.3 is 6.09 Å². The Kier molecular flexibility index (Phi) is 10.2. The summed E-state index contributed by atoms with van der Waals surface area (Å²) >= 11 is 0. The average Bonchev–Trinajstić information content (AvgIpc) is 2.79. The van der Waals surface area contributed by atoms with Crippen LogP contribution >= 0.6 is 0 Å². The van der Waals surface area contributed by atoms with Crippen LogP contribution < -0.4 is 5.32 Å². The molecule has 0 aliphatic carbocycles. The van der Waals surface area contributed by atoms with Crippen molar-refractivity contribution in [2.75, 3.05) is 12.4 Å². The van der Waals surface area contributed by atoms with Crippen molar-refractivity contribution >= 4 is 30.0 Å². The minimum Gasteiger partial charge on any atom is -0.445 e. The molecule has 2 aromatic carbocycles. The molecule has 2 rings (SSSR count). The highest BCUT2D eigenvalue weighted by Gasteiger charge is 2.37. The number of rotatable bonds is 12. The zero-order valence-electron chi connectivity index (χ0n) is 21.2. The molecule has 35 heavy (non-hydrogen) atoms. The number of alkyl carbamates (subject to hydrolysis) is 1. The number of amides is 1. The average molecular weight is 520 g/mol. The molecule has 2 aromatic rings. The highest BCUT2D eigenvalue weighted by Crippen LogP contribution is 2.36. The van der Waals surface area contributed by atoms with E-state index in [1.807, 2.05) is 30.3 Å². The first kappa shape index (κ1) is 28.7. The second kappa shape index (κ2) is 12.5. The molecule has 1 atom stereocenters. The predicted molar refractivity (Wildman–Crippen MR) is 139 cm³/mol. The number of Topliss-reactive ketones (excluding diaryl/α,β-unsaturated/α-hetero) is 1. The SMILES string of the molecule is CC(C)(C)[Si](C)(C)OCC(CCC(=O)CS(=O)(=O)c1ccccc1)NC(=O)OCc1ccccc1. The third-order valence-electron chi connectivity index (χ3n) is 6.21. The van der Waals surface area contributed by atoms with Gasteiger partial charge in [0.25, 0.3) is 0 Å². The quantitative estimate of drug-likeness (QED) is 0.391. The molecule has 0 aliphatic heterocycles. The van der Waals surface area contributed by atoms with E-state index in [1.54, 1.807) is 18.2 Å². The Bertz CT molecular complexity index is 1070.